The molecule has 0 aliphatic heterocycles. The number of benzene rings is 1. The molecule has 17 heavy (non-hydrogen) atoms. The molecule has 0 heterocycles. The van der Waals surface area contributed by atoms with Crippen molar-refractivity contribution in [1.82, 2.24) is 5.32 Å². The highest BCUT2D eigenvalue weighted by molar-refractivity contribution is 5.19. The van der Waals surface area contributed by atoms with Crippen LogP contribution in [0.1, 0.15) is 32.8 Å². The SMILES string of the molecule is CCNCCC(C)(C)Cc1ccc(F)c(F)c1. The van der Waals surface area contributed by atoms with Crippen LogP contribution in [-0.4, -0.2) is 13.1 Å². The summed E-state index contributed by atoms with van der Waals surface area (Å²) in [7, 11) is 0. The van der Waals surface area contributed by atoms with Gasteiger partial charge in [0.05, 0.1) is 0 Å². The highest BCUT2D eigenvalue weighted by Gasteiger charge is 2.18. The highest BCUT2D eigenvalue weighted by Crippen LogP contribution is 2.26. The first-order chi connectivity index (χ1) is 7.94. The van der Waals surface area contributed by atoms with Crippen LogP contribution in [0, 0.1) is 17.0 Å². The number of hydrogen-bond acceptors (Lipinski definition) is 1. The van der Waals surface area contributed by atoms with Crippen molar-refractivity contribution >= 4 is 0 Å². The summed E-state index contributed by atoms with van der Waals surface area (Å²) in [6.07, 6.45) is 1.77. The van der Waals surface area contributed by atoms with E-state index in [9.17, 15) is 8.78 Å². The minimum absolute atomic E-state index is 0.0897. The van der Waals surface area contributed by atoms with E-state index >= 15 is 0 Å². The number of halogens is 2. The molecule has 0 saturated carbocycles. The first kappa shape index (κ1) is 14.1. The van der Waals surface area contributed by atoms with Crippen LogP contribution in [0.25, 0.3) is 0 Å². The van der Waals surface area contributed by atoms with Crippen molar-refractivity contribution in [1.29, 1.82) is 0 Å². The van der Waals surface area contributed by atoms with Crippen LogP contribution in [0.4, 0.5) is 8.78 Å². The minimum atomic E-state index is -0.779. The Hall–Kier alpha value is -0.960. The Balaban J connectivity index is 2.59. The Morgan fingerprint density at radius 3 is 2.47 bits per heavy atom. The maximum absolute atomic E-state index is 13.1. The van der Waals surface area contributed by atoms with E-state index in [1.165, 1.54) is 12.1 Å². The summed E-state index contributed by atoms with van der Waals surface area (Å²) in [6.45, 7) is 8.27. The monoisotopic (exact) mass is 241 g/mol. The van der Waals surface area contributed by atoms with Gasteiger partial charge in [0.25, 0.3) is 0 Å². The molecule has 1 aromatic rings. The Bertz CT molecular complexity index is 361. The molecular weight excluding hydrogens is 220 g/mol. The van der Waals surface area contributed by atoms with E-state index in [1.54, 1.807) is 6.07 Å². The van der Waals surface area contributed by atoms with Crippen LogP contribution >= 0.6 is 0 Å². The zero-order chi connectivity index (χ0) is 12.9. The molecule has 0 bridgehead atoms. The van der Waals surface area contributed by atoms with Gasteiger partial charge in [0.1, 0.15) is 0 Å². The van der Waals surface area contributed by atoms with Crippen molar-refractivity contribution in [3.63, 3.8) is 0 Å². The molecule has 0 aromatic heterocycles. The molecule has 1 nitrogen and oxygen atoms in total. The summed E-state index contributed by atoms with van der Waals surface area (Å²) in [5, 5.41) is 3.28. The van der Waals surface area contributed by atoms with Crippen LogP contribution in [-0.2, 0) is 6.42 Å². The summed E-state index contributed by atoms with van der Waals surface area (Å²) in [4.78, 5) is 0. The van der Waals surface area contributed by atoms with Gasteiger partial charge in [-0.1, -0.05) is 26.8 Å². The largest absolute Gasteiger partial charge is 0.317 e. The van der Waals surface area contributed by atoms with Crippen molar-refractivity contribution in [2.75, 3.05) is 13.1 Å². The Morgan fingerprint density at radius 1 is 1.18 bits per heavy atom. The molecule has 0 unspecified atom stereocenters. The van der Waals surface area contributed by atoms with Crippen molar-refractivity contribution in [3.8, 4) is 0 Å². The van der Waals surface area contributed by atoms with Crippen molar-refractivity contribution < 1.29 is 8.78 Å². The van der Waals surface area contributed by atoms with Crippen LogP contribution in [0.2, 0.25) is 0 Å². The normalized spacial score (nSPS) is 11.8. The van der Waals surface area contributed by atoms with Gasteiger partial charge in [-0.05, 0) is 49.0 Å². The van der Waals surface area contributed by atoms with Crippen molar-refractivity contribution in [3.05, 3.63) is 35.4 Å². The van der Waals surface area contributed by atoms with Gasteiger partial charge in [-0.3, -0.25) is 0 Å². The Labute approximate surface area is 102 Å². The summed E-state index contributed by atoms with van der Waals surface area (Å²) >= 11 is 0. The van der Waals surface area contributed by atoms with Gasteiger partial charge >= 0.3 is 0 Å². The van der Waals surface area contributed by atoms with E-state index in [0.717, 1.165) is 31.5 Å². The zero-order valence-electron chi connectivity index (χ0n) is 10.8. The van der Waals surface area contributed by atoms with Gasteiger partial charge in [-0.15, -0.1) is 0 Å². The van der Waals surface area contributed by atoms with Crippen LogP contribution in [0.3, 0.4) is 0 Å². The molecule has 0 radical (unpaired) electrons. The van der Waals surface area contributed by atoms with Gasteiger partial charge in [-0.2, -0.15) is 0 Å². The lowest BCUT2D eigenvalue weighted by Gasteiger charge is -2.25. The fourth-order valence-corrected chi connectivity index (χ4v) is 1.89. The molecule has 1 rings (SSSR count). The summed E-state index contributed by atoms with van der Waals surface area (Å²) in [5.41, 5.74) is 0.942. The maximum Gasteiger partial charge on any atom is 0.159 e. The molecular formula is C14H21F2N. The lowest BCUT2D eigenvalue weighted by molar-refractivity contribution is 0.326. The molecule has 0 amide bonds. The highest BCUT2D eigenvalue weighted by atomic mass is 19.2. The molecule has 3 heteroatoms. The van der Waals surface area contributed by atoms with Crippen molar-refractivity contribution in [2.24, 2.45) is 5.41 Å². The second-order valence-electron chi connectivity index (χ2n) is 5.19. The van der Waals surface area contributed by atoms with E-state index in [0.29, 0.717) is 0 Å². The topological polar surface area (TPSA) is 12.0 Å². The second-order valence-corrected chi connectivity index (χ2v) is 5.19. The molecule has 0 aliphatic rings. The first-order valence-corrected chi connectivity index (χ1v) is 6.09. The molecule has 0 spiro atoms. The van der Waals surface area contributed by atoms with Gasteiger partial charge < -0.3 is 5.32 Å². The maximum atomic E-state index is 13.1. The number of hydrogen-bond donors (Lipinski definition) is 1. The molecule has 96 valence electrons. The molecule has 0 aliphatic carbocycles. The molecule has 0 fully saturated rings. The lowest BCUT2D eigenvalue weighted by atomic mass is 9.82. The lowest BCUT2D eigenvalue weighted by Crippen LogP contribution is -2.24. The third kappa shape index (κ3) is 4.82. The molecule has 1 aromatic carbocycles. The first-order valence-electron chi connectivity index (χ1n) is 6.09. The smallest absolute Gasteiger partial charge is 0.159 e. The van der Waals surface area contributed by atoms with E-state index in [4.69, 9.17) is 0 Å². The van der Waals surface area contributed by atoms with Gasteiger partial charge in [0.2, 0.25) is 0 Å². The Kier molecular flexibility index (Phi) is 5.06. The van der Waals surface area contributed by atoms with Crippen molar-refractivity contribution in [2.45, 2.75) is 33.6 Å². The van der Waals surface area contributed by atoms with Crippen LogP contribution in [0.5, 0.6) is 0 Å². The average molecular weight is 241 g/mol. The summed E-state index contributed by atoms with van der Waals surface area (Å²) < 4.78 is 25.9. The third-order valence-corrected chi connectivity index (χ3v) is 2.90. The molecule has 0 atom stereocenters. The molecule has 0 saturated heterocycles. The van der Waals surface area contributed by atoms with E-state index < -0.39 is 11.6 Å². The standard InChI is InChI=1S/C14H21F2N/c1-4-17-8-7-14(2,3)10-11-5-6-12(15)13(16)9-11/h5-6,9,17H,4,7-8,10H2,1-3H3. The summed E-state index contributed by atoms with van der Waals surface area (Å²) in [6, 6.07) is 4.16. The fraction of sp³-hybridized carbons (Fsp3) is 0.571. The number of nitrogens with one attached hydrogen (secondary N) is 1. The quantitative estimate of drug-likeness (QED) is 0.751. The molecule has 1 N–H and O–H groups in total. The zero-order valence-corrected chi connectivity index (χ0v) is 10.8. The van der Waals surface area contributed by atoms with Gasteiger partial charge in [0.15, 0.2) is 11.6 Å². The van der Waals surface area contributed by atoms with E-state index in [-0.39, 0.29) is 5.41 Å². The minimum Gasteiger partial charge on any atom is -0.317 e. The van der Waals surface area contributed by atoms with E-state index in [1.807, 2.05) is 0 Å². The van der Waals surface area contributed by atoms with Gasteiger partial charge in [-0.25, -0.2) is 8.78 Å². The predicted octanol–water partition coefficient (Wildman–Crippen LogP) is 3.53. The fourth-order valence-electron chi connectivity index (χ4n) is 1.89. The predicted molar refractivity (Wildman–Crippen MR) is 67.0 cm³/mol. The van der Waals surface area contributed by atoms with Crippen LogP contribution < -0.4 is 5.32 Å². The number of rotatable bonds is 6. The van der Waals surface area contributed by atoms with Crippen LogP contribution in [0.15, 0.2) is 18.2 Å². The Morgan fingerprint density at radius 2 is 1.88 bits per heavy atom. The van der Waals surface area contributed by atoms with Gasteiger partial charge in [0, 0.05) is 0 Å². The summed E-state index contributed by atoms with van der Waals surface area (Å²) in [5.74, 6) is -1.54. The third-order valence-electron chi connectivity index (χ3n) is 2.90. The second kappa shape index (κ2) is 6.10. The van der Waals surface area contributed by atoms with E-state index in [2.05, 4.69) is 26.1 Å². The average Bonchev–Trinajstić information content (AvgIpc) is 2.23.